The maximum absolute atomic E-state index is 12.3. The molecule has 112 valence electrons. The van der Waals surface area contributed by atoms with Crippen LogP contribution in [-0.2, 0) is 10.8 Å². The number of carbonyl (C=O) groups excluding carboxylic acids is 1. The molecule has 0 radical (unpaired) electrons. The number of nitrogens with zero attached hydrogens (tertiary/aromatic N) is 1. The Morgan fingerprint density at radius 3 is 2.85 bits per heavy atom. The molecule has 2 unspecified atom stereocenters. The maximum Gasteiger partial charge on any atom is 0.255 e. The number of hydrogen-bond acceptors (Lipinski definition) is 4. The normalized spacial score (nSPS) is 13.6. The first kappa shape index (κ1) is 17.1. The second-order valence-corrected chi connectivity index (χ2v) is 6.99. The van der Waals surface area contributed by atoms with Gasteiger partial charge in [-0.05, 0) is 42.3 Å². The monoisotopic (exact) mass is 361 g/mol. The smallest absolute Gasteiger partial charge is 0.255 e. The minimum atomic E-state index is -0.840. The van der Waals surface area contributed by atoms with Gasteiger partial charge in [-0.2, -0.15) is 0 Å². The summed E-state index contributed by atoms with van der Waals surface area (Å²) in [5, 5.41) is 5.97. The fourth-order valence-electron chi connectivity index (χ4n) is 1.64. The molecule has 20 heavy (non-hydrogen) atoms. The standard InChI is InChI=1S/C13H20BrN3O2S/c1-4-15-12-11(7-10(14)8-16-12)13(18)17-9(2)5-6-20(3)19/h7-9H,4-6H2,1-3H3,(H,15,16)(H,17,18). The van der Waals surface area contributed by atoms with E-state index in [4.69, 9.17) is 0 Å². The highest BCUT2D eigenvalue weighted by Gasteiger charge is 2.15. The van der Waals surface area contributed by atoms with Gasteiger partial charge in [-0.3, -0.25) is 9.00 Å². The van der Waals surface area contributed by atoms with Crippen molar-refractivity contribution in [3.05, 3.63) is 22.3 Å². The Hall–Kier alpha value is -0.950. The Balaban J connectivity index is 2.75. The molecule has 0 aliphatic carbocycles. The van der Waals surface area contributed by atoms with Gasteiger partial charge >= 0.3 is 0 Å². The molecule has 0 aromatic carbocycles. The van der Waals surface area contributed by atoms with E-state index in [2.05, 4.69) is 31.5 Å². The van der Waals surface area contributed by atoms with Gasteiger partial charge in [0.25, 0.3) is 5.91 Å². The fraction of sp³-hybridized carbons (Fsp3) is 0.538. The second kappa shape index (κ2) is 8.36. The molecule has 5 nitrogen and oxygen atoms in total. The van der Waals surface area contributed by atoms with Crippen molar-refractivity contribution in [3.8, 4) is 0 Å². The summed E-state index contributed by atoms with van der Waals surface area (Å²) in [5.74, 6) is 0.974. The summed E-state index contributed by atoms with van der Waals surface area (Å²) in [6.07, 6.45) is 4.00. The number of hydrogen-bond donors (Lipinski definition) is 2. The molecule has 1 rings (SSSR count). The average Bonchev–Trinajstić information content (AvgIpc) is 2.38. The van der Waals surface area contributed by atoms with Crippen LogP contribution in [-0.4, -0.2) is 39.7 Å². The summed E-state index contributed by atoms with van der Waals surface area (Å²) < 4.78 is 11.8. The molecule has 1 aromatic rings. The second-order valence-electron chi connectivity index (χ2n) is 4.52. The van der Waals surface area contributed by atoms with Crippen LogP contribution in [0, 0.1) is 0 Å². The Bertz CT molecular complexity index is 497. The van der Waals surface area contributed by atoms with Gasteiger partial charge in [0.1, 0.15) is 5.82 Å². The van der Waals surface area contributed by atoms with Crippen LogP contribution in [0.2, 0.25) is 0 Å². The van der Waals surface area contributed by atoms with Gasteiger partial charge in [0, 0.05) is 46.1 Å². The van der Waals surface area contributed by atoms with Gasteiger partial charge in [-0.1, -0.05) is 0 Å². The Morgan fingerprint density at radius 2 is 2.25 bits per heavy atom. The highest BCUT2D eigenvalue weighted by molar-refractivity contribution is 9.10. The van der Waals surface area contributed by atoms with Crippen molar-refractivity contribution in [1.29, 1.82) is 0 Å². The van der Waals surface area contributed by atoms with Crippen LogP contribution < -0.4 is 10.6 Å². The van der Waals surface area contributed by atoms with E-state index in [0.717, 1.165) is 4.47 Å². The van der Waals surface area contributed by atoms with Crippen LogP contribution in [0.4, 0.5) is 5.82 Å². The molecule has 2 atom stereocenters. The lowest BCUT2D eigenvalue weighted by Gasteiger charge is -2.15. The van der Waals surface area contributed by atoms with Crippen LogP contribution >= 0.6 is 15.9 Å². The van der Waals surface area contributed by atoms with E-state index in [9.17, 15) is 9.00 Å². The van der Waals surface area contributed by atoms with E-state index < -0.39 is 10.8 Å². The lowest BCUT2D eigenvalue weighted by atomic mass is 10.2. The summed E-state index contributed by atoms with van der Waals surface area (Å²) >= 11 is 3.32. The van der Waals surface area contributed by atoms with Crippen molar-refractivity contribution in [2.24, 2.45) is 0 Å². The van der Waals surface area contributed by atoms with Crippen molar-refractivity contribution >= 4 is 38.5 Å². The zero-order chi connectivity index (χ0) is 15.1. The number of aromatic nitrogens is 1. The number of pyridine rings is 1. The van der Waals surface area contributed by atoms with Crippen LogP contribution in [0.3, 0.4) is 0 Å². The first-order chi connectivity index (χ1) is 9.43. The van der Waals surface area contributed by atoms with Gasteiger partial charge in [0.15, 0.2) is 0 Å². The van der Waals surface area contributed by atoms with Crippen molar-refractivity contribution in [2.75, 3.05) is 23.9 Å². The SMILES string of the molecule is CCNc1ncc(Br)cc1C(=O)NC(C)CCS(C)=O. The number of anilines is 1. The molecule has 2 N–H and O–H groups in total. The molecule has 0 saturated heterocycles. The fourth-order valence-corrected chi connectivity index (χ4v) is 2.65. The Kier molecular flexibility index (Phi) is 7.15. The average molecular weight is 362 g/mol. The van der Waals surface area contributed by atoms with Crippen LogP contribution in [0.25, 0.3) is 0 Å². The summed E-state index contributed by atoms with van der Waals surface area (Å²) in [5.41, 5.74) is 0.505. The molecule has 1 amide bonds. The van der Waals surface area contributed by atoms with Gasteiger partial charge < -0.3 is 10.6 Å². The Morgan fingerprint density at radius 1 is 1.55 bits per heavy atom. The number of rotatable bonds is 7. The lowest BCUT2D eigenvalue weighted by Crippen LogP contribution is -2.34. The predicted molar refractivity (Wildman–Crippen MR) is 86.6 cm³/mol. The van der Waals surface area contributed by atoms with Gasteiger partial charge in [-0.25, -0.2) is 4.98 Å². The topological polar surface area (TPSA) is 71.1 Å². The van der Waals surface area contributed by atoms with Crippen LogP contribution in [0.15, 0.2) is 16.7 Å². The molecule has 0 aliphatic heterocycles. The zero-order valence-electron chi connectivity index (χ0n) is 11.9. The van der Waals surface area contributed by atoms with Crippen molar-refractivity contribution in [3.63, 3.8) is 0 Å². The highest BCUT2D eigenvalue weighted by atomic mass is 79.9. The Labute approximate surface area is 130 Å². The third-order valence-electron chi connectivity index (χ3n) is 2.66. The lowest BCUT2D eigenvalue weighted by molar-refractivity contribution is 0.0940. The predicted octanol–water partition coefficient (Wildman–Crippen LogP) is 2.16. The van der Waals surface area contributed by atoms with E-state index in [-0.39, 0.29) is 11.9 Å². The van der Waals surface area contributed by atoms with Crippen molar-refractivity contribution in [2.45, 2.75) is 26.3 Å². The first-order valence-corrected chi connectivity index (χ1v) is 8.96. The first-order valence-electron chi connectivity index (χ1n) is 6.44. The minimum absolute atomic E-state index is 0.0279. The summed E-state index contributed by atoms with van der Waals surface area (Å²) in [6, 6.07) is 1.71. The molecular formula is C13H20BrN3O2S. The van der Waals surface area contributed by atoms with Gasteiger partial charge in [0.05, 0.1) is 5.56 Å². The minimum Gasteiger partial charge on any atom is -0.370 e. The molecular weight excluding hydrogens is 342 g/mol. The number of halogens is 1. The molecule has 0 aliphatic rings. The van der Waals surface area contributed by atoms with Gasteiger partial charge in [0.2, 0.25) is 0 Å². The summed E-state index contributed by atoms with van der Waals surface area (Å²) in [4.78, 5) is 16.5. The maximum atomic E-state index is 12.3. The number of nitrogens with one attached hydrogen (secondary N) is 2. The van der Waals surface area contributed by atoms with E-state index in [0.29, 0.717) is 30.1 Å². The third kappa shape index (κ3) is 5.58. The van der Waals surface area contributed by atoms with E-state index in [1.807, 2.05) is 13.8 Å². The number of amides is 1. The molecule has 0 bridgehead atoms. The molecule has 7 heteroatoms. The van der Waals surface area contributed by atoms with E-state index in [1.165, 1.54) is 0 Å². The molecule has 0 spiro atoms. The third-order valence-corrected chi connectivity index (χ3v) is 3.90. The summed E-state index contributed by atoms with van der Waals surface area (Å²) in [7, 11) is -0.840. The largest absolute Gasteiger partial charge is 0.370 e. The zero-order valence-corrected chi connectivity index (χ0v) is 14.3. The van der Waals surface area contributed by atoms with E-state index >= 15 is 0 Å². The molecule has 0 saturated carbocycles. The van der Waals surface area contributed by atoms with Gasteiger partial charge in [-0.15, -0.1) is 0 Å². The quantitative estimate of drug-likeness (QED) is 0.780. The molecule has 1 aromatic heterocycles. The molecule has 0 fully saturated rings. The highest BCUT2D eigenvalue weighted by Crippen LogP contribution is 2.18. The van der Waals surface area contributed by atoms with Crippen molar-refractivity contribution in [1.82, 2.24) is 10.3 Å². The number of carbonyl (C=O) groups is 1. The van der Waals surface area contributed by atoms with E-state index in [1.54, 1.807) is 18.5 Å². The van der Waals surface area contributed by atoms with Crippen molar-refractivity contribution < 1.29 is 9.00 Å². The van der Waals surface area contributed by atoms with Crippen LogP contribution in [0.1, 0.15) is 30.6 Å². The van der Waals surface area contributed by atoms with Crippen LogP contribution in [0.5, 0.6) is 0 Å². The molecule has 1 heterocycles. The summed E-state index contributed by atoms with van der Waals surface area (Å²) in [6.45, 7) is 4.55.